The molecule has 0 unspecified atom stereocenters. The van der Waals surface area contributed by atoms with Gasteiger partial charge in [0.15, 0.2) is 0 Å². The number of nitro groups is 1. The maximum Gasteiger partial charge on any atom is 0.338 e. The number of benzene rings is 1. The molecule has 0 saturated heterocycles. The molecule has 0 atom stereocenters. The van der Waals surface area contributed by atoms with Gasteiger partial charge in [0.25, 0.3) is 5.69 Å². The van der Waals surface area contributed by atoms with Gasteiger partial charge in [-0.25, -0.2) is 9.18 Å². The Bertz CT molecular complexity index is 593. The number of anilines is 1. The van der Waals surface area contributed by atoms with Crippen molar-refractivity contribution in [2.24, 2.45) is 0 Å². The fourth-order valence-electron chi connectivity index (χ4n) is 1.94. The Morgan fingerprint density at radius 3 is 2.48 bits per heavy atom. The average Bonchev–Trinajstić information content (AvgIpc) is 2.34. The van der Waals surface area contributed by atoms with Crippen molar-refractivity contribution in [2.45, 2.75) is 26.3 Å². The molecule has 0 aliphatic rings. The molecule has 7 heteroatoms. The van der Waals surface area contributed by atoms with Gasteiger partial charge in [-0.2, -0.15) is 0 Å². The SMILES string of the molecule is C=CCN(c1cc(C(=O)O)c(F)cc1[N+](=O)[O-])C(C)(C)C. The summed E-state index contributed by atoms with van der Waals surface area (Å²) in [5.74, 6) is -2.61. The third kappa shape index (κ3) is 3.56. The number of aromatic carboxylic acids is 1. The number of halogens is 1. The van der Waals surface area contributed by atoms with Crippen LogP contribution in [0.15, 0.2) is 24.8 Å². The Kier molecular flexibility index (Phi) is 4.67. The van der Waals surface area contributed by atoms with Gasteiger partial charge >= 0.3 is 5.97 Å². The molecule has 0 aliphatic heterocycles. The van der Waals surface area contributed by atoms with Crippen molar-refractivity contribution in [3.8, 4) is 0 Å². The van der Waals surface area contributed by atoms with Crippen LogP contribution in [-0.4, -0.2) is 28.1 Å². The van der Waals surface area contributed by atoms with Crippen molar-refractivity contribution < 1.29 is 19.2 Å². The first-order valence-electron chi connectivity index (χ1n) is 6.19. The van der Waals surface area contributed by atoms with Crippen LogP contribution in [0.25, 0.3) is 0 Å². The molecule has 0 aliphatic carbocycles. The van der Waals surface area contributed by atoms with Crippen molar-refractivity contribution in [3.63, 3.8) is 0 Å². The molecular weight excluding hydrogens is 279 g/mol. The zero-order chi connectivity index (χ0) is 16.4. The number of carboxylic acid groups (broad SMARTS) is 1. The van der Waals surface area contributed by atoms with E-state index in [0.29, 0.717) is 6.07 Å². The molecule has 0 bridgehead atoms. The zero-order valence-electron chi connectivity index (χ0n) is 12.1. The van der Waals surface area contributed by atoms with Crippen LogP contribution in [0, 0.1) is 15.9 Å². The second-order valence-electron chi connectivity index (χ2n) is 5.45. The van der Waals surface area contributed by atoms with E-state index in [0.717, 1.165) is 6.07 Å². The first-order chi connectivity index (χ1) is 9.59. The highest BCUT2D eigenvalue weighted by Gasteiger charge is 2.30. The van der Waals surface area contributed by atoms with Crippen LogP contribution in [0.3, 0.4) is 0 Å². The maximum absolute atomic E-state index is 13.7. The van der Waals surface area contributed by atoms with E-state index in [4.69, 9.17) is 5.11 Å². The summed E-state index contributed by atoms with van der Waals surface area (Å²) in [6, 6.07) is 1.63. The van der Waals surface area contributed by atoms with Crippen LogP contribution < -0.4 is 4.90 Å². The first-order valence-corrected chi connectivity index (χ1v) is 6.19. The van der Waals surface area contributed by atoms with Gasteiger partial charge in [-0.05, 0) is 26.8 Å². The maximum atomic E-state index is 13.7. The number of rotatable bonds is 5. The zero-order valence-corrected chi connectivity index (χ0v) is 12.1. The average molecular weight is 296 g/mol. The van der Waals surface area contributed by atoms with Crippen molar-refractivity contribution in [1.29, 1.82) is 0 Å². The topological polar surface area (TPSA) is 83.7 Å². The lowest BCUT2D eigenvalue weighted by Crippen LogP contribution is -2.42. The molecule has 6 nitrogen and oxygen atoms in total. The van der Waals surface area contributed by atoms with Crippen LogP contribution in [0.5, 0.6) is 0 Å². The fraction of sp³-hybridized carbons (Fsp3) is 0.357. The Morgan fingerprint density at radius 1 is 1.52 bits per heavy atom. The van der Waals surface area contributed by atoms with Crippen molar-refractivity contribution in [3.05, 3.63) is 46.3 Å². The summed E-state index contributed by atoms with van der Waals surface area (Å²) < 4.78 is 13.7. The molecule has 1 N–H and O–H groups in total. The summed E-state index contributed by atoms with van der Waals surface area (Å²) in [5, 5.41) is 20.1. The number of hydrogen-bond acceptors (Lipinski definition) is 4. The number of carbonyl (C=O) groups is 1. The summed E-state index contributed by atoms with van der Waals surface area (Å²) >= 11 is 0. The third-order valence-corrected chi connectivity index (χ3v) is 2.90. The van der Waals surface area contributed by atoms with Crippen LogP contribution in [-0.2, 0) is 0 Å². The van der Waals surface area contributed by atoms with Gasteiger partial charge in [-0.3, -0.25) is 10.1 Å². The van der Waals surface area contributed by atoms with Gasteiger partial charge in [0.05, 0.1) is 16.6 Å². The molecule has 1 aromatic carbocycles. The summed E-state index contributed by atoms with van der Waals surface area (Å²) in [7, 11) is 0. The second kappa shape index (κ2) is 5.90. The third-order valence-electron chi connectivity index (χ3n) is 2.90. The Hall–Kier alpha value is -2.44. The quantitative estimate of drug-likeness (QED) is 0.512. The van der Waals surface area contributed by atoms with Crippen LogP contribution in [0.2, 0.25) is 0 Å². The Balaban J connectivity index is 3.63. The van der Waals surface area contributed by atoms with Crippen LogP contribution >= 0.6 is 0 Å². The van der Waals surface area contributed by atoms with E-state index in [-0.39, 0.29) is 12.2 Å². The minimum atomic E-state index is -1.48. The van der Waals surface area contributed by atoms with E-state index in [2.05, 4.69) is 6.58 Å². The van der Waals surface area contributed by atoms with Gasteiger partial charge in [0.2, 0.25) is 0 Å². The minimum absolute atomic E-state index is 0.0474. The molecule has 1 rings (SSSR count). The molecule has 114 valence electrons. The highest BCUT2D eigenvalue weighted by Crippen LogP contribution is 2.35. The Morgan fingerprint density at radius 2 is 2.10 bits per heavy atom. The van der Waals surface area contributed by atoms with E-state index in [1.54, 1.807) is 11.0 Å². The number of nitro benzene ring substituents is 1. The minimum Gasteiger partial charge on any atom is -0.478 e. The van der Waals surface area contributed by atoms with Crippen molar-refractivity contribution in [1.82, 2.24) is 0 Å². The number of hydrogen-bond donors (Lipinski definition) is 1. The smallest absolute Gasteiger partial charge is 0.338 e. The summed E-state index contributed by atoms with van der Waals surface area (Å²) in [4.78, 5) is 23.0. The van der Waals surface area contributed by atoms with Crippen LogP contribution in [0.4, 0.5) is 15.8 Å². The molecule has 21 heavy (non-hydrogen) atoms. The molecular formula is C14H17FN2O4. The molecule has 0 fully saturated rings. The van der Waals surface area contributed by atoms with Gasteiger partial charge < -0.3 is 10.0 Å². The van der Waals surface area contributed by atoms with Gasteiger partial charge in [-0.15, -0.1) is 6.58 Å². The van der Waals surface area contributed by atoms with E-state index >= 15 is 0 Å². The molecule has 0 amide bonds. The molecule has 1 aromatic rings. The lowest BCUT2D eigenvalue weighted by atomic mass is 10.0. The van der Waals surface area contributed by atoms with E-state index < -0.39 is 33.5 Å². The van der Waals surface area contributed by atoms with Gasteiger partial charge in [-0.1, -0.05) is 6.08 Å². The normalized spacial score (nSPS) is 11.0. The van der Waals surface area contributed by atoms with Crippen molar-refractivity contribution in [2.75, 3.05) is 11.4 Å². The first kappa shape index (κ1) is 16.6. The molecule has 0 saturated carbocycles. The fourth-order valence-corrected chi connectivity index (χ4v) is 1.94. The summed E-state index contributed by atoms with van der Waals surface area (Å²) in [6.45, 7) is 9.27. The summed E-state index contributed by atoms with van der Waals surface area (Å²) in [5.41, 5.74) is -1.57. The van der Waals surface area contributed by atoms with Crippen LogP contribution in [0.1, 0.15) is 31.1 Å². The lowest BCUT2D eigenvalue weighted by molar-refractivity contribution is -0.384. The van der Waals surface area contributed by atoms with Gasteiger partial charge in [0.1, 0.15) is 11.5 Å². The molecule has 0 radical (unpaired) electrons. The number of carboxylic acids is 1. The Labute approximate surface area is 121 Å². The molecule has 0 spiro atoms. The largest absolute Gasteiger partial charge is 0.478 e. The standard InChI is InChI=1S/C14H17FN2O4/c1-5-6-16(14(2,3)4)11-7-9(13(18)19)10(15)8-12(11)17(20)21/h5,7-8H,1,6H2,2-4H3,(H,18,19). The van der Waals surface area contributed by atoms with E-state index in [1.165, 1.54) is 0 Å². The second-order valence-corrected chi connectivity index (χ2v) is 5.45. The summed E-state index contributed by atoms with van der Waals surface area (Å²) in [6.07, 6.45) is 1.54. The lowest BCUT2D eigenvalue weighted by Gasteiger charge is -2.36. The van der Waals surface area contributed by atoms with E-state index in [1.807, 2.05) is 20.8 Å². The predicted molar refractivity (Wildman–Crippen MR) is 77.3 cm³/mol. The monoisotopic (exact) mass is 296 g/mol. The molecule has 0 aromatic heterocycles. The number of nitrogens with zero attached hydrogens (tertiary/aromatic N) is 2. The predicted octanol–water partition coefficient (Wildman–Crippen LogP) is 3.22. The van der Waals surface area contributed by atoms with E-state index in [9.17, 15) is 19.3 Å². The molecule has 0 heterocycles. The van der Waals surface area contributed by atoms with Gasteiger partial charge in [0, 0.05) is 12.1 Å². The highest BCUT2D eigenvalue weighted by molar-refractivity contribution is 5.90. The van der Waals surface area contributed by atoms with Crippen molar-refractivity contribution >= 4 is 17.3 Å². The highest BCUT2D eigenvalue weighted by atomic mass is 19.1.